The van der Waals surface area contributed by atoms with Gasteiger partial charge >= 0.3 is 12.0 Å². The van der Waals surface area contributed by atoms with Crippen LogP contribution in [0.5, 0.6) is 6.01 Å². The highest BCUT2D eigenvalue weighted by molar-refractivity contribution is 5.67. The molecule has 0 amide bonds. The van der Waals surface area contributed by atoms with E-state index in [1.807, 2.05) is 0 Å². The Morgan fingerprint density at radius 1 is 1.08 bits per heavy atom. The van der Waals surface area contributed by atoms with Gasteiger partial charge in [0, 0.05) is 24.4 Å². The molecule has 0 spiro atoms. The smallest absolute Gasteiger partial charge is 0.316 e. The van der Waals surface area contributed by atoms with Gasteiger partial charge in [-0.1, -0.05) is 24.3 Å². The lowest BCUT2D eigenvalue weighted by molar-refractivity contribution is -0.138. The van der Waals surface area contributed by atoms with Crippen molar-refractivity contribution in [1.29, 1.82) is 0 Å². The van der Waals surface area contributed by atoms with Crippen LogP contribution in [0.25, 0.3) is 11.1 Å². The van der Waals surface area contributed by atoms with Crippen molar-refractivity contribution in [1.82, 2.24) is 9.97 Å². The zero-order chi connectivity index (χ0) is 16.9. The van der Waals surface area contributed by atoms with E-state index in [1.165, 1.54) is 5.56 Å². The maximum Gasteiger partial charge on any atom is 0.316 e. The molecule has 1 saturated carbocycles. The number of methoxy groups -OCH3 is 1. The average molecular weight is 326 g/mol. The predicted molar refractivity (Wildman–Crippen MR) is 91.0 cm³/mol. The molecule has 5 nitrogen and oxygen atoms in total. The summed E-state index contributed by atoms with van der Waals surface area (Å²) in [5.74, 6) is 0.204. The Balaban J connectivity index is 1.63. The van der Waals surface area contributed by atoms with Crippen molar-refractivity contribution in [2.24, 2.45) is 5.92 Å². The highest BCUT2D eigenvalue weighted by Gasteiger charge is 2.23. The molecule has 0 atom stereocenters. The molecular formula is C19H22N2O3. The molecule has 0 radical (unpaired) electrons. The van der Waals surface area contributed by atoms with E-state index in [9.17, 15) is 4.79 Å². The monoisotopic (exact) mass is 326 g/mol. The third-order valence-electron chi connectivity index (χ3n) is 4.84. The molecule has 0 aliphatic heterocycles. The van der Waals surface area contributed by atoms with Crippen LogP contribution < -0.4 is 4.74 Å². The number of hydrogen-bond donors (Lipinski definition) is 1. The molecule has 1 heterocycles. The number of benzene rings is 1. The van der Waals surface area contributed by atoms with E-state index in [4.69, 9.17) is 9.84 Å². The van der Waals surface area contributed by atoms with Gasteiger partial charge in [0.2, 0.25) is 0 Å². The molecular weight excluding hydrogens is 304 g/mol. The van der Waals surface area contributed by atoms with E-state index >= 15 is 0 Å². The van der Waals surface area contributed by atoms with Gasteiger partial charge in [-0.2, -0.15) is 0 Å². The zero-order valence-electron chi connectivity index (χ0n) is 13.8. The highest BCUT2D eigenvalue weighted by atomic mass is 16.5. The van der Waals surface area contributed by atoms with Crippen molar-refractivity contribution < 1.29 is 14.6 Å². The van der Waals surface area contributed by atoms with Gasteiger partial charge in [-0.05, 0) is 48.6 Å². The van der Waals surface area contributed by atoms with Crippen LogP contribution in [0.2, 0.25) is 0 Å². The summed E-state index contributed by atoms with van der Waals surface area (Å²) in [6.45, 7) is 0. The van der Waals surface area contributed by atoms with Gasteiger partial charge in [-0.15, -0.1) is 0 Å². The van der Waals surface area contributed by atoms with Gasteiger partial charge in [0.15, 0.2) is 0 Å². The second-order valence-corrected chi connectivity index (χ2v) is 6.40. The maximum absolute atomic E-state index is 10.8. The van der Waals surface area contributed by atoms with Gasteiger partial charge < -0.3 is 9.84 Å². The van der Waals surface area contributed by atoms with E-state index in [0.717, 1.165) is 36.8 Å². The van der Waals surface area contributed by atoms with Gasteiger partial charge in [-0.25, -0.2) is 9.97 Å². The van der Waals surface area contributed by atoms with Crippen LogP contribution in [0.3, 0.4) is 0 Å². The number of nitrogens with zero attached hydrogens (tertiary/aromatic N) is 2. The average Bonchev–Trinajstić information content (AvgIpc) is 2.62. The predicted octanol–water partition coefficient (Wildman–Crippen LogP) is 3.90. The largest absolute Gasteiger partial charge is 0.481 e. The minimum atomic E-state index is -0.676. The third kappa shape index (κ3) is 3.91. The van der Waals surface area contributed by atoms with Crippen LogP contribution in [0.15, 0.2) is 36.7 Å². The van der Waals surface area contributed by atoms with Gasteiger partial charge in [0.25, 0.3) is 0 Å². The Morgan fingerprint density at radius 3 is 2.25 bits per heavy atom. The number of aliphatic carboxylic acids is 1. The first-order valence-corrected chi connectivity index (χ1v) is 8.34. The Kier molecular flexibility index (Phi) is 5.08. The first-order chi connectivity index (χ1) is 11.7. The lowest BCUT2D eigenvalue weighted by atomic mass is 9.77. The molecule has 126 valence electrons. The van der Waals surface area contributed by atoms with E-state index in [0.29, 0.717) is 24.3 Å². The molecule has 1 aromatic carbocycles. The van der Waals surface area contributed by atoms with Crippen molar-refractivity contribution in [3.05, 3.63) is 42.2 Å². The van der Waals surface area contributed by atoms with Crippen LogP contribution in [0.1, 0.15) is 43.6 Å². The number of hydrogen-bond acceptors (Lipinski definition) is 4. The Hall–Kier alpha value is -2.43. The normalized spacial score (nSPS) is 20.5. The summed E-state index contributed by atoms with van der Waals surface area (Å²) >= 11 is 0. The first kappa shape index (κ1) is 16.4. The summed E-state index contributed by atoms with van der Waals surface area (Å²) in [5.41, 5.74) is 3.38. The minimum absolute atomic E-state index is 0.309. The molecule has 3 rings (SSSR count). The third-order valence-corrected chi connectivity index (χ3v) is 4.84. The Morgan fingerprint density at radius 2 is 1.71 bits per heavy atom. The lowest BCUT2D eigenvalue weighted by Gasteiger charge is -2.28. The second kappa shape index (κ2) is 7.43. The molecule has 1 aromatic heterocycles. The van der Waals surface area contributed by atoms with Crippen molar-refractivity contribution in [3.8, 4) is 17.1 Å². The van der Waals surface area contributed by atoms with E-state index < -0.39 is 5.97 Å². The minimum Gasteiger partial charge on any atom is -0.481 e. The maximum atomic E-state index is 10.8. The molecule has 0 bridgehead atoms. The molecule has 1 aliphatic carbocycles. The Labute approximate surface area is 141 Å². The fourth-order valence-electron chi connectivity index (χ4n) is 3.47. The number of ether oxygens (including phenoxy) is 1. The number of carboxylic acid groups (broad SMARTS) is 1. The summed E-state index contributed by atoms with van der Waals surface area (Å²) in [4.78, 5) is 19.1. The molecule has 1 N–H and O–H groups in total. The molecule has 0 saturated heterocycles. The van der Waals surface area contributed by atoms with Crippen LogP contribution in [0.4, 0.5) is 0 Å². The fraction of sp³-hybridized carbons (Fsp3) is 0.421. The summed E-state index contributed by atoms with van der Waals surface area (Å²) in [5, 5.41) is 8.90. The number of carboxylic acids is 1. The van der Waals surface area contributed by atoms with E-state index in [2.05, 4.69) is 34.2 Å². The number of rotatable bonds is 5. The summed E-state index contributed by atoms with van der Waals surface area (Å²) < 4.78 is 4.98. The molecule has 24 heavy (non-hydrogen) atoms. The van der Waals surface area contributed by atoms with Crippen molar-refractivity contribution >= 4 is 5.97 Å². The van der Waals surface area contributed by atoms with Gasteiger partial charge in [0.1, 0.15) is 0 Å². The fourth-order valence-corrected chi connectivity index (χ4v) is 3.47. The van der Waals surface area contributed by atoms with Crippen molar-refractivity contribution in [2.75, 3.05) is 7.11 Å². The molecule has 5 heteroatoms. The van der Waals surface area contributed by atoms with Crippen molar-refractivity contribution in [3.63, 3.8) is 0 Å². The topological polar surface area (TPSA) is 72.3 Å². The summed E-state index contributed by atoms with van der Waals surface area (Å²) in [6.07, 6.45) is 7.99. The molecule has 1 aliphatic rings. The second-order valence-electron chi connectivity index (χ2n) is 6.40. The zero-order valence-corrected chi connectivity index (χ0v) is 13.8. The molecule has 0 unspecified atom stereocenters. The Bertz CT molecular complexity index is 675. The number of aromatic nitrogens is 2. The summed E-state index contributed by atoms with van der Waals surface area (Å²) in [6, 6.07) is 8.91. The SMILES string of the molecule is COc1ncc(-c2ccc(C3CCC(CC(=O)O)CC3)cc2)cn1. The molecule has 2 aromatic rings. The van der Waals surface area contributed by atoms with Crippen molar-refractivity contribution in [2.45, 2.75) is 38.0 Å². The van der Waals surface area contributed by atoms with Crippen LogP contribution >= 0.6 is 0 Å². The molecule has 1 fully saturated rings. The van der Waals surface area contributed by atoms with Crippen LogP contribution in [-0.2, 0) is 4.79 Å². The number of carbonyl (C=O) groups is 1. The first-order valence-electron chi connectivity index (χ1n) is 8.34. The quantitative estimate of drug-likeness (QED) is 0.902. The van der Waals surface area contributed by atoms with Gasteiger partial charge in [0.05, 0.1) is 7.11 Å². The van der Waals surface area contributed by atoms with Gasteiger partial charge in [-0.3, -0.25) is 4.79 Å². The lowest BCUT2D eigenvalue weighted by Crippen LogP contribution is -2.16. The van der Waals surface area contributed by atoms with E-state index in [1.54, 1.807) is 19.5 Å². The van der Waals surface area contributed by atoms with E-state index in [-0.39, 0.29) is 0 Å². The highest BCUT2D eigenvalue weighted by Crippen LogP contribution is 2.37. The standard InChI is InChI=1S/C19H22N2O3/c1-24-19-20-11-17(12-21-19)16-8-6-15(7-9-16)14-4-2-13(3-5-14)10-18(22)23/h6-9,11-14H,2-5,10H2,1H3,(H,22,23). The van der Waals surface area contributed by atoms with Crippen LogP contribution in [0, 0.1) is 5.92 Å². The van der Waals surface area contributed by atoms with Crippen LogP contribution in [-0.4, -0.2) is 28.2 Å². The summed E-state index contributed by atoms with van der Waals surface area (Å²) in [7, 11) is 1.55.